The maximum absolute atomic E-state index is 13.1. The lowest BCUT2D eigenvalue weighted by Crippen LogP contribution is -2.27. The molecule has 0 aromatic carbocycles. The summed E-state index contributed by atoms with van der Waals surface area (Å²) in [5, 5.41) is 2.68. The molecule has 1 N–H and O–H groups in total. The van der Waals surface area contributed by atoms with Crippen molar-refractivity contribution in [1.29, 1.82) is 0 Å². The molecule has 0 unspecified atom stereocenters. The van der Waals surface area contributed by atoms with E-state index in [0.29, 0.717) is 5.56 Å². The van der Waals surface area contributed by atoms with Gasteiger partial charge in [0, 0.05) is 17.3 Å². The number of halogens is 1. The standard InChI is InChI=1S/C17H15FN2O2/c1-3-12(5-6-13-8-15(18)10-19-9-13)7-14(4-2)16-11-22-17(21)20-16/h3-4,7-10,16H,2,11H2,1H3,(H,20,21)/b12-3-,14-7+/t16-/m0/s1. The van der Waals surface area contributed by atoms with E-state index in [2.05, 4.69) is 28.7 Å². The van der Waals surface area contributed by atoms with Crippen LogP contribution in [0.25, 0.3) is 0 Å². The van der Waals surface area contributed by atoms with Gasteiger partial charge in [0.25, 0.3) is 0 Å². The van der Waals surface area contributed by atoms with Crippen molar-refractivity contribution in [3.8, 4) is 11.8 Å². The topological polar surface area (TPSA) is 51.2 Å². The third kappa shape index (κ3) is 4.06. The Hall–Kier alpha value is -2.87. The number of cyclic esters (lactones) is 1. The Morgan fingerprint density at radius 2 is 2.41 bits per heavy atom. The Balaban J connectivity index is 2.20. The number of allylic oxidation sites excluding steroid dienone is 3. The van der Waals surface area contributed by atoms with Gasteiger partial charge in [0.2, 0.25) is 0 Å². The largest absolute Gasteiger partial charge is 0.447 e. The van der Waals surface area contributed by atoms with E-state index in [0.717, 1.165) is 17.3 Å². The maximum atomic E-state index is 13.1. The molecule has 5 heteroatoms. The van der Waals surface area contributed by atoms with E-state index < -0.39 is 11.9 Å². The van der Waals surface area contributed by atoms with Gasteiger partial charge in [0.15, 0.2) is 0 Å². The number of carbonyl (C=O) groups is 1. The number of ether oxygens (including phenoxy) is 1. The molecule has 1 aliphatic heterocycles. The van der Waals surface area contributed by atoms with E-state index in [-0.39, 0.29) is 12.6 Å². The Morgan fingerprint density at radius 1 is 1.59 bits per heavy atom. The van der Waals surface area contributed by atoms with Crippen molar-refractivity contribution in [3.05, 3.63) is 65.8 Å². The quantitative estimate of drug-likeness (QED) is 0.689. The van der Waals surface area contributed by atoms with Gasteiger partial charge in [-0.25, -0.2) is 9.18 Å². The highest BCUT2D eigenvalue weighted by Crippen LogP contribution is 2.13. The minimum atomic E-state index is -0.448. The SMILES string of the molecule is C=C/C(=C\C(C#Cc1cncc(F)c1)=C/C)[C@@H]1COC(=O)N1. The molecule has 0 aliphatic carbocycles. The predicted octanol–water partition coefficient (Wildman–Crippen LogP) is 2.74. The molecule has 2 rings (SSSR count). The Kier molecular flexibility index (Phi) is 5.10. The molecule has 22 heavy (non-hydrogen) atoms. The van der Waals surface area contributed by atoms with Gasteiger partial charge in [-0.15, -0.1) is 0 Å². The first-order chi connectivity index (χ1) is 10.6. The van der Waals surface area contributed by atoms with Crippen LogP contribution >= 0.6 is 0 Å². The normalized spacial score (nSPS) is 18.1. The molecule has 0 radical (unpaired) electrons. The Morgan fingerprint density at radius 3 is 3.00 bits per heavy atom. The molecule has 1 fully saturated rings. The molecular weight excluding hydrogens is 283 g/mol. The third-order valence-corrected chi connectivity index (χ3v) is 3.00. The van der Waals surface area contributed by atoms with Crippen LogP contribution in [0.1, 0.15) is 12.5 Å². The van der Waals surface area contributed by atoms with Gasteiger partial charge in [0.1, 0.15) is 12.4 Å². The van der Waals surface area contributed by atoms with E-state index in [1.807, 2.05) is 19.1 Å². The van der Waals surface area contributed by atoms with Crippen molar-refractivity contribution >= 4 is 6.09 Å². The van der Waals surface area contributed by atoms with Crippen LogP contribution in [0.5, 0.6) is 0 Å². The maximum Gasteiger partial charge on any atom is 0.407 e. The molecule has 1 aromatic rings. The number of nitrogens with one attached hydrogen (secondary N) is 1. The lowest BCUT2D eigenvalue weighted by Gasteiger charge is -2.08. The molecule has 0 saturated carbocycles. The third-order valence-electron chi connectivity index (χ3n) is 3.00. The van der Waals surface area contributed by atoms with Crippen molar-refractivity contribution < 1.29 is 13.9 Å². The summed E-state index contributed by atoms with van der Waals surface area (Å²) >= 11 is 0. The highest BCUT2D eigenvalue weighted by Gasteiger charge is 2.24. The highest BCUT2D eigenvalue weighted by atomic mass is 19.1. The monoisotopic (exact) mass is 298 g/mol. The average Bonchev–Trinajstić information content (AvgIpc) is 2.94. The summed E-state index contributed by atoms with van der Waals surface area (Å²) in [5.41, 5.74) is 2.01. The minimum Gasteiger partial charge on any atom is -0.447 e. The number of aromatic nitrogens is 1. The van der Waals surface area contributed by atoms with Crippen molar-refractivity contribution in [3.63, 3.8) is 0 Å². The van der Waals surface area contributed by atoms with E-state index in [1.165, 1.54) is 12.3 Å². The summed E-state index contributed by atoms with van der Waals surface area (Å²) in [5.74, 6) is 5.36. The number of hydrogen-bond acceptors (Lipinski definition) is 3. The van der Waals surface area contributed by atoms with Gasteiger partial charge in [-0.05, 0) is 24.6 Å². The predicted molar refractivity (Wildman–Crippen MR) is 81.4 cm³/mol. The molecule has 0 spiro atoms. The van der Waals surface area contributed by atoms with E-state index in [4.69, 9.17) is 4.74 Å². The zero-order chi connectivity index (χ0) is 15.9. The lowest BCUT2D eigenvalue weighted by atomic mass is 10.0. The summed E-state index contributed by atoms with van der Waals surface area (Å²) in [6, 6.07) is 1.08. The first-order valence-corrected chi connectivity index (χ1v) is 6.68. The van der Waals surface area contributed by atoms with Crippen molar-refractivity contribution in [2.24, 2.45) is 0 Å². The average molecular weight is 298 g/mol. The molecule has 1 atom stereocenters. The molecule has 1 aliphatic rings. The number of hydrogen-bond donors (Lipinski definition) is 1. The molecular formula is C17H15FN2O2. The van der Waals surface area contributed by atoms with Crippen LogP contribution in [0.2, 0.25) is 0 Å². The number of alkyl carbamates (subject to hydrolysis) is 1. The highest BCUT2D eigenvalue weighted by molar-refractivity contribution is 5.71. The summed E-state index contributed by atoms with van der Waals surface area (Å²) < 4.78 is 17.9. The van der Waals surface area contributed by atoms with Gasteiger partial charge < -0.3 is 10.1 Å². The molecule has 1 aromatic heterocycles. The molecule has 112 valence electrons. The Bertz CT molecular complexity index is 711. The van der Waals surface area contributed by atoms with Crippen LogP contribution in [0.15, 0.2) is 54.4 Å². The second-order valence-electron chi connectivity index (χ2n) is 4.53. The van der Waals surface area contributed by atoms with Gasteiger partial charge in [-0.1, -0.05) is 30.6 Å². The molecule has 0 bridgehead atoms. The second kappa shape index (κ2) is 7.23. The van der Waals surface area contributed by atoms with Crippen LogP contribution in [0.3, 0.4) is 0 Å². The number of amides is 1. The second-order valence-corrected chi connectivity index (χ2v) is 4.53. The summed E-state index contributed by atoms with van der Waals surface area (Å²) in [4.78, 5) is 14.8. The Labute approximate surface area is 128 Å². The van der Waals surface area contributed by atoms with Crippen LogP contribution < -0.4 is 5.32 Å². The van der Waals surface area contributed by atoms with Crippen molar-refractivity contribution in [2.75, 3.05) is 6.61 Å². The molecule has 1 amide bonds. The number of rotatable bonds is 3. The van der Waals surface area contributed by atoms with Crippen LogP contribution in [-0.4, -0.2) is 23.7 Å². The lowest BCUT2D eigenvalue weighted by molar-refractivity contribution is 0.177. The first-order valence-electron chi connectivity index (χ1n) is 6.68. The number of pyridine rings is 1. The van der Waals surface area contributed by atoms with Crippen LogP contribution in [0, 0.1) is 17.7 Å². The number of carbonyl (C=O) groups excluding carboxylic acids is 1. The van der Waals surface area contributed by atoms with Crippen LogP contribution in [-0.2, 0) is 4.74 Å². The zero-order valence-electron chi connectivity index (χ0n) is 12.1. The molecule has 1 saturated heterocycles. The summed E-state index contributed by atoms with van der Waals surface area (Å²) in [6.07, 6.45) is 7.45. The van der Waals surface area contributed by atoms with Crippen molar-refractivity contribution in [2.45, 2.75) is 13.0 Å². The summed E-state index contributed by atoms with van der Waals surface area (Å²) in [7, 11) is 0. The molecule has 2 heterocycles. The fraction of sp³-hybridized carbons (Fsp3) is 0.176. The fourth-order valence-corrected chi connectivity index (χ4v) is 1.86. The zero-order valence-corrected chi connectivity index (χ0v) is 12.1. The van der Waals surface area contributed by atoms with E-state index >= 15 is 0 Å². The molecule has 4 nitrogen and oxygen atoms in total. The smallest absolute Gasteiger partial charge is 0.407 e. The minimum absolute atomic E-state index is 0.238. The van der Waals surface area contributed by atoms with Gasteiger partial charge in [0.05, 0.1) is 12.2 Å². The van der Waals surface area contributed by atoms with E-state index in [1.54, 1.807) is 6.08 Å². The first kappa shape index (κ1) is 15.5. The number of nitrogens with zero attached hydrogens (tertiary/aromatic N) is 1. The van der Waals surface area contributed by atoms with Gasteiger partial charge >= 0.3 is 6.09 Å². The fourth-order valence-electron chi connectivity index (χ4n) is 1.86. The van der Waals surface area contributed by atoms with Crippen molar-refractivity contribution in [1.82, 2.24) is 10.3 Å². The van der Waals surface area contributed by atoms with Crippen LogP contribution in [0.4, 0.5) is 9.18 Å². The van der Waals surface area contributed by atoms with Gasteiger partial charge in [-0.2, -0.15) is 0 Å². The van der Waals surface area contributed by atoms with Gasteiger partial charge in [-0.3, -0.25) is 4.98 Å². The summed E-state index contributed by atoms with van der Waals surface area (Å²) in [6.45, 7) is 5.84. The van der Waals surface area contributed by atoms with E-state index in [9.17, 15) is 9.18 Å².